The predicted octanol–water partition coefficient (Wildman–Crippen LogP) is 4.03. The van der Waals surface area contributed by atoms with Gasteiger partial charge in [0.1, 0.15) is 17.3 Å². The molecule has 28 heavy (non-hydrogen) atoms. The molecule has 0 saturated heterocycles. The van der Waals surface area contributed by atoms with Crippen molar-refractivity contribution in [2.75, 3.05) is 17.7 Å². The average Bonchev–Trinajstić information content (AvgIpc) is 2.75. The Morgan fingerprint density at radius 1 is 0.929 bits per heavy atom. The van der Waals surface area contributed by atoms with E-state index in [1.54, 1.807) is 37.6 Å². The molecule has 2 heterocycles. The third-order valence-electron chi connectivity index (χ3n) is 4.13. The summed E-state index contributed by atoms with van der Waals surface area (Å²) in [5.74, 6) is 0.909. The highest BCUT2D eigenvalue weighted by Gasteiger charge is 2.09. The molecule has 0 radical (unpaired) electrons. The molecule has 2 aromatic carbocycles. The smallest absolute Gasteiger partial charge is 0.275 e. The lowest BCUT2D eigenvalue weighted by Gasteiger charge is -2.09. The molecule has 0 atom stereocenters. The van der Waals surface area contributed by atoms with Crippen molar-refractivity contribution in [3.63, 3.8) is 0 Å². The Hall–Kier alpha value is -4.00. The maximum Gasteiger partial charge on any atom is 0.275 e. The van der Waals surface area contributed by atoms with Crippen molar-refractivity contribution >= 4 is 34.0 Å². The van der Waals surface area contributed by atoms with Crippen molar-refractivity contribution in [1.29, 1.82) is 0 Å². The van der Waals surface area contributed by atoms with E-state index in [9.17, 15) is 4.79 Å². The summed E-state index contributed by atoms with van der Waals surface area (Å²) in [5, 5.41) is 6.99. The van der Waals surface area contributed by atoms with Crippen LogP contribution in [0.2, 0.25) is 0 Å². The van der Waals surface area contributed by atoms with Gasteiger partial charge in [-0.1, -0.05) is 18.2 Å². The topological polar surface area (TPSA) is 89.0 Å². The van der Waals surface area contributed by atoms with E-state index in [-0.39, 0.29) is 11.6 Å². The number of nitrogens with zero attached hydrogens (tertiary/aromatic N) is 3. The maximum absolute atomic E-state index is 12.3. The highest BCUT2D eigenvalue weighted by atomic mass is 16.5. The first-order valence-electron chi connectivity index (χ1n) is 8.61. The van der Waals surface area contributed by atoms with E-state index in [0.717, 1.165) is 22.3 Å². The number of anilines is 3. The van der Waals surface area contributed by atoms with Gasteiger partial charge in [0, 0.05) is 17.3 Å². The fraction of sp³-hybridized carbons (Fsp3) is 0.0476. The molecule has 0 aliphatic rings. The largest absolute Gasteiger partial charge is 0.497 e. The van der Waals surface area contributed by atoms with E-state index in [1.165, 1.54) is 12.4 Å². The number of hydrogen-bond donors (Lipinski definition) is 2. The molecule has 2 N–H and O–H groups in total. The van der Waals surface area contributed by atoms with Gasteiger partial charge in [-0.15, -0.1) is 0 Å². The van der Waals surface area contributed by atoms with Crippen LogP contribution in [0.1, 0.15) is 10.5 Å². The zero-order valence-corrected chi connectivity index (χ0v) is 15.1. The molecular formula is C21H17N5O2. The van der Waals surface area contributed by atoms with Gasteiger partial charge in [-0.05, 0) is 36.4 Å². The van der Waals surface area contributed by atoms with Gasteiger partial charge in [0.05, 0.1) is 30.7 Å². The minimum Gasteiger partial charge on any atom is -0.497 e. The number of carbonyl (C=O) groups is 1. The summed E-state index contributed by atoms with van der Waals surface area (Å²) in [7, 11) is 1.59. The van der Waals surface area contributed by atoms with Crippen molar-refractivity contribution < 1.29 is 9.53 Å². The lowest BCUT2D eigenvalue weighted by atomic mass is 10.2. The molecule has 138 valence electrons. The summed E-state index contributed by atoms with van der Waals surface area (Å²) in [6.45, 7) is 0. The van der Waals surface area contributed by atoms with Crippen molar-refractivity contribution in [2.24, 2.45) is 0 Å². The fourth-order valence-corrected chi connectivity index (χ4v) is 2.72. The molecule has 0 aliphatic heterocycles. The van der Waals surface area contributed by atoms with Crippen LogP contribution in [0.4, 0.5) is 17.2 Å². The second-order valence-corrected chi connectivity index (χ2v) is 5.98. The van der Waals surface area contributed by atoms with Crippen molar-refractivity contribution in [3.05, 3.63) is 78.9 Å². The Morgan fingerprint density at radius 2 is 1.75 bits per heavy atom. The van der Waals surface area contributed by atoms with Gasteiger partial charge >= 0.3 is 0 Å². The Kier molecular flexibility index (Phi) is 4.79. The second kappa shape index (κ2) is 7.71. The van der Waals surface area contributed by atoms with Crippen LogP contribution < -0.4 is 15.4 Å². The minimum absolute atomic E-state index is 0.220. The fourth-order valence-electron chi connectivity index (χ4n) is 2.72. The summed E-state index contributed by atoms with van der Waals surface area (Å²) < 4.78 is 5.10. The first-order chi connectivity index (χ1) is 13.7. The Labute approximate surface area is 161 Å². The first kappa shape index (κ1) is 17.4. The Morgan fingerprint density at radius 3 is 2.50 bits per heavy atom. The van der Waals surface area contributed by atoms with Crippen LogP contribution in [0.5, 0.6) is 5.75 Å². The number of fused-ring (bicyclic) bond motifs is 1. The van der Waals surface area contributed by atoms with Crippen LogP contribution in [0.15, 0.2) is 73.2 Å². The standard InChI is InChI=1S/C21H17N5O2/c1-28-16-9-7-15(8-10-16)25-21(27)18-12-24-19(13-23-18)26-17-6-2-4-14-5-3-11-22-20(14)17/h2-13H,1H3,(H,24,26)(H,25,27). The number of rotatable bonds is 5. The van der Waals surface area contributed by atoms with Crippen molar-refractivity contribution in [2.45, 2.75) is 0 Å². The number of pyridine rings is 1. The molecule has 2 aromatic heterocycles. The molecule has 0 bridgehead atoms. The van der Waals surface area contributed by atoms with Crippen LogP contribution >= 0.6 is 0 Å². The van der Waals surface area contributed by atoms with Gasteiger partial charge in [-0.2, -0.15) is 0 Å². The van der Waals surface area contributed by atoms with Crippen LogP contribution in [0.25, 0.3) is 10.9 Å². The van der Waals surface area contributed by atoms with E-state index in [2.05, 4.69) is 25.6 Å². The summed E-state index contributed by atoms with van der Waals surface area (Å²) >= 11 is 0. The Bertz CT molecular complexity index is 1110. The normalized spacial score (nSPS) is 10.5. The van der Waals surface area contributed by atoms with Gasteiger partial charge in [0.2, 0.25) is 0 Å². The lowest BCUT2D eigenvalue weighted by Crippen LogP contribution is -2.14. The molecular weight excluding hydrogens is 354 g/mol. The van der Waals surface area contributed by atoms with Crippen LogP contribution in [0.3, 0.4) is 0 Å². The van der Waals surface area contributed by atoms with E-state index in [0.29, 0.717) is 11.5 Å². The summed E-state index contributed by atoms with van der Waals surface area (Å²) in [6.07, 6.45) is 4.69. The zero-order chi connectivity index (χ0) is 19.3. The Balaban J connectivity index is 1.47. The molecule has 0 unspecified atom stereocenters. The molecule has 0 spiro atoms. The van der Waals surface area contributed by atoms with Crippen molar-refractivity contribution in [3.8, 4) is 5.75 Å². The summed E-state index contributed by atoms with van der Waals surface area (Å²) in [4.78, 5) is 25.2. The number of benzene rings is 2. The number of para-hydroxylation sites is 1. The van der Waals surface area contributed by atoms with Crippen LogP contribution in [-0.2, 0) is 0 Å². The summed E-state index contributed by atoms with van der Waals surface area (Å²) in [5.41, 5.74) is 2.53. The van der Waals surface area contributed by atoms with Crippen LogP contribution in [0, 0.1) is 0 Å². The van der Waals surface area contributed by atoms with Crippen LogP contribution in [-0.4, -0.2) is 28.0 Å². The minimum atomic E-state index is -0.337. The number of carbonyl (C=O) groups excluding carboxylic acids is 1. The number of methoxy groups -OCH3 is 1. The highest BCUT2D eigenvalue weighted by Crippen LogP contribution is 2.23. The van der Waals surface area contributed by atoms with Gasteiger partial charge in [0.25, 0.3) is 5.91 Å². The first-order valence-corrected chi connectivity index (χ1v) is 8.61. The number of aromatic nitrogens is 3. The zero-order valence-electron chi connectivity index (χ0n) is 15.1. The van der Waals surface area contributed by atoms with Gasteiger partial charge in [-0.25, -0.2) is 9.97 Å². The number of hydrogen-bond acceptors (Lipinski definition) is 6. The molecule has 0 aliphatic carbocycles. The molecule has 1 amide bonds. The number of amides is 1. The van der Waals surface area contributed by atoms with E-state index in [1.807, 2.05) is 30.3 Å². The molecule has 0 saturated carbocycles. The van der Waals surface area contributed by atoms with Gasteiger partial charge < -0.3 is 15.4 Å². The predicted molar refractivity (Wildman–Crippen MR) is 108 cm³/mol. The van der Waals surface area contributed by atoms with Crippen molar-refractivity contribution in [1.82, 2.24) is 15.0 Å². The molecule has 7 heteroatoms. The second-order valence-electron chi connectivity index (χ2n) is 5.98. The lowest BCUT2D eigenvalue weighted by molar-refractivity contribution is 0.102. The van der Waals surface area contributed by atoms with E-state index >= 15 is 0 Å². The average molecular weight is 371 g/mol. The summed E-state index contributed by atoms with van der Waals surface area (Å²) in [6, 6.07) is 16.8. The van der Waals surface area contributed by atoms with E-state index in [4.69, 9.17) is 4.74 Å². The monoisotopic (exact) mass is 371 g/mol. The van der Waals surface area contributed by atoms with Gasteiger partial charge in [-0.3, -0.25) is 9.78 Å². The highest BCUT2D eigenvalue weighted by molar-refractivity contribution is 6.02. The SMILES string of the molecule is COc1ccc(NC(=O)c2cnc(Nc3cccc4cccnc34)cn2)cc1. The maximum atomic E-state index is 12.3. The van der Waals surface area contributed by atoms with Gasteiger partial charge in [0.15, 0.2) is 0 Å². The third kappa shape index (κ3) is 3.73. The number of ether oxygens (including phenoxy) is 1. The molecule has 4 rings (SSSR count). The van der Waals surface area contributed by atoms with E-state index < -0.39 is 0 Å². The molecule has 0 fully saturated rings. The molecule has 4 aromatic rings. The number of nitrogens with one attached hydrogen (secondary N) is 2. The molecule has 7 nitrogen and oxygen atoms in total. The quantitative estimate of drug-likeness (QED) is 0.551. The third-order valence-corrected chi connectivity index (χ3v) is 4.13.